The summed E-state index contributed by atoms with van der Waals surface area (Å²) in [6.45, 7) is 5.29. The van der Waals surface area contributed by atoms with Crippen molar-refractivity contribution >= 4 is 79.8 Å². The van der Waals surface area contributed by atoms with Crippen LogP contribution in [0.15, 0.2) is 72.3 Å². The minimum atomic E-state index is -5.07. The van der Waals surface area contributed by atoms with Crippen LogP contribution in [0.1, 0.15) is 42.4 Å². The van der Waals surface area contributed by atoms with Crippen LogP contribution in [0.3, 0.4) is 0 Å². The molecule has 4 aliphatic rings. The SMILES string of the molecule is Cc1ccc(N2C(=O)C3CC=C4C(CC5C(=O)N(c6cc(-c7sc8ccc(Cl)cc8c7C)nn6C)C(=O)C5(C)C4c4cc(OC(F)(F)F)ccc4O)C3C2=O)cc1Cl. The molecule has 0 spiro atoms. The molecule has 0 bridgehead atoms. The molecule has 298 valence electrons. The highest BCUT2D eigenvalue weighted by Gasteiger charge is 2.68. The normalized spacial score (nSPS) is 25.7. The number of anilines is 2. The number of aryl methyl sites for hydroxylation is 3. The number of alkyl halides is 3. The number of benzene rings is 3. The van der Waals surface area contributed by atoms with Gasteiger partial charge in [0, 0.05) is 39.3 Å². The van der Waals surface area contributed by atoms with Gasteiger partial charge in [-0.2, -0.15) is 5.10 Å². The molecule has 10 nitrogen and oxygen atoms in total. The van der Waals surface area contributed by atoms with Crippen LogP contribution in [-0.2, 0) is 26.2 Å². The highest BCUT2D eigenvalue weighted by molar-refractivity contribution is 7.22. The number of rotatable bonds is 5. The Kier molecular flexibility index (Phi) is 8.70. The molecular formula is C42H33Cl2F3N4O6S. The Morgan fingerprint density at radius 3 is 2.41 bits per heavy atom. The number of aromatic hydroxyl groups is 1. The van der Waals surface area contributed by atoms with Gasteiger partial charge in [0.05, 0.1) is 33.7 Å². The van der Waals surface area contributed by atoms with Crippen LogP contribution in [0, 0.1) is 42.9 Å². The molecule has 1 saturated carbocycles. The highest BCUT2D eigenvalue weighted by atomic mass is 35.5. The zero-order chi connectivity index (χ0) is 41.3. The van der Waals surface area contributed by atoms with Gasteiger partial charge in [0.2, 0.25) is 23.6 Å². The van der Waals surface area contributed by atoms with Gasteiger partial charge in [-0.3, -0.25) is 23.9 Å². The molecule has 0 radical (unpaired) electrons. The standard InChI is InChI=1S/C42H33Cl2F3N4O6S/c1-18-5-7-21(14-29(18)44)50-37(53)24-10-9-23-26(34(24)39(50)55)16-28-38(54)51(33-17-30(48-49(33)4)36-19(2)25-13-20(43)6-12-32(25)58-36)40(56)41(28,3)35(23)27-15-22(8-11-31(27)52)57-42(45,46)47/h5-9,11-15,17,24,26,28,34-35,52H,10,16H2,1-4H3. The summed E-state index contributed by atoms with van der Waals surface area (Å²) in [5.41, 5.74) is 1.15. The first kappa shape index (κ1) is 38.3. The molecule has 9 rings (SSSR count). The quantitative estimate of drug-likeness (QED) is 0.138. The number of halogens is 5. The van der Waals surface area contributed by atoms with Crippen molar-refractivity contribution in [2.24, 2.45) is 36.1 Å². The number of hydrogen-bond donors (Lipinski definition) is 1. The summed E-state index contributed by atoms with van der Waals surface area (Å²) in [4.78, 5) is 61.5. The molecular weight excluding hydrogens is 816 g/mol. The summed E-state index contributed by atoms with van der Waals surface area (Å²) in [6.07, 6.45) is -3.28. The molecule has 2 aliphatic heterocycles. The molecule has 3 fully saturated rings. The zero-order valence-corrected chi connectivity index (χ0v) is 33.6. The van der Waals surface area contributed by atoms with Crippen molar-refractivity contribution in [1.82, 2.24) is 9.78 Å². The average molecular weight is 850 g/mol. The lowest BCUT2D eigenvalue weighted by Gasteiger charge is -2.49. The predicted octanol–water partition coefficient (Wildman–Crippen LogP) is 9.26. The van der Waals surface area contributed by atoms with Crippen LogP contribution in [0.2, 0.25) is 10.0 Å². The lowest BCUT2D eigenvalue weighted by atomic mass is 9.51. The van der Waals surface area contributed by atoms with Gasteiger partial charge in [0.15, 0.2) is 0 Å². The summed E-state index contributed by atoms with van der Waals surface area (Å²) in [7, 11) is 1.60. The monoisotopic (exact) mass is 848 g/mol. The maximum absolute atomic E-state index is 15.1. The number of aromatic nitrogens is 2. The van der Waals surface area contributed by atoms with E-state index in [2.05, 4.69) is 4.74 Å². The lowest BCUT2D eigenvalue weighted by molar-refractivity contribution is -0.274. The van der Waals surface area contributed by atoms with Crippen molar-refractivity contribution < 1.29 is 42.2 Å². The molecule has 6 atom stereocenters. The number of carbonyl (C=O) groups excluding carboxylic acids is 4. The second-order valence-electron chi connectivity index (χ2n) is 15.6. The Bertz CT molecular complexity index is 2690. The Labute approximate surface area is 343 Å². The predicted molar refractivity (Wildman–Crippen MR) is 212 cm³/mol. The zero-order valence-electron chi connectivity index (χ0n) is 31.2. The second kappa shape index (κ2) is 13.2. The second-order valence-corrected chi connectivity index (χ2v) is 17.5. The Balaban J connectivity index is 1.17. The first-order valence-corrected chi connectivity index (χ1v) is 20.0. The van der Waals surface area contributed by atoms with Crippen LogP contribution in [0.25, 0.3) is 20.7 Å². The molecule has 1 N–H and O–H groups in total. The number of imide groups is 2. The third-order valence-electron chi connectivity index (χ3n) is 12.4. The van der Waals surface area contributed by atoms with Gasteiger partial charge in [-0.25, -0.2) is 9.80 Å². The number of carbonyl (C=O) groups is 4. The molecule has 16 heteroatoms. The Hall–Kier alpha value is -5.18. The van der Waals surface area contributed by atoms with Gasteiger partial charge in [0.1, 0.15) is 23.0 Å². The van der Waals surface area contributed by atoms with E-state index in [4.69, 9.17) is 28.3 Å². The lowest BCUT2D eigenvalue weighted by Crippen LogP contribution is -2.49. The van der Waals surface area contributed by atoms with Gasteiger partial charge >= 0.3 is 6.36 Å². The van der Waals surface area contributed by atoms with Gasteiger partial charge in [-0.05, 0) is 105 Å². The number of allylic oxidation sites excluding steroid dienone is 2. The fourth-order valence-corrected chi connectivity index (χ4v) is 11.2. The number of phenolic OH excluding ortho intramolecular Hbond substituents is 1. The average Bonchev–Trinajstić information content (AvgIpc) is 3.83. The Morgan fingerprint density at radius 1 is 0.931 bits per heavy atom. The molecule has 2 aromatic heterocycles. The van der Waals surface area contributed by atoms with Gasteiger partial charge < -0.3 is 9.84 Å². The fraction of sp³-hybridized carbons (Fsp3) is 0.310. The van der Waals surface area contributed by atoms with Crippen molar-refractivity contribution in [2.75, 3.05) is 9.80 Å². The van der Waals surface area contributed by atoms with E-state index in [1.165, 1.54) is 22.1 Å². The smallest absolute Gasteiger partial charge is 0.508 e. The number of nitrogens with zero attached hydrogens (tertiary/aromatic N) is 4. The topological polar surface area (TPSA) is 122 Å². The number of fused-ring (bicyclic) bond motifs is 5. The summed E-state index contributed by atoms with van der Waals surface area (Å²) in [5, 5.41) is 18.0. The van der Waals surface area contributed by atoms with E-state index in [9.17, 15) is 32.7 Å². The molecule has 3 aromatic carbocycles. The number of amides is 4. The molecule has 6 unspecified atom stereocenters. The molecule has 4 heterocycles. The van der Waals surface area contributed by atoms with Crippen LogP contribution >= 0.6 is 34.5 Å². The largest absolute Gasteiger partial charge is 0.573 e. The van der Waals surface area contributed by atoms with E-state index in [-0.39, 0.29) is 29.9 Å². The highest BCUT2D eigenvalue weighted by Crippen LogP contribution is 2.65. The van der Waals surface area contributed by atoms with E-state index in [0.29, 0.717) is 21.3 Å². The van der Waals surface area contributed by atoms with Crippen LogP contribution in [0.4, 0.5) is 24.7 Å². The molecule has 58 heavy (non-hydrogen) atoms. The van der Waals surface area contributed by atoms with Crippen molar-refractivity contribution in [3.8, 4) is 22.1 Å². The molecule has 2 aliphatic carbocycles. The summed E-state index contributed by atoms with van der Waals surface area (Å²) in [6, 6.07) is 15.1. The number of phenols is 1. The fourth-order valence-electron chi connectivity index (χ4n) is 9.73. The van der Waals surface area contributed by atoms with E-state index in [1.807, 2.05) is 19.1 Å². The van der Waals surface area contributed by atoms with E-state index in [0.717, 1.165) is 54.1 Å². The summed E-state index contributed by atoms with van der Waals surface area (Å²) in [5.74, 6) is -8.07. The minimum absolute atomic E-state index is 0.0248. The van der Waals surface area contributed by atoms with Gasteiger partial charge in [-0.1, -0.05) is 40.9 Å². The van der Waals surface area contributed by atoms with Gasteiger partial charge in [-0.15, -0.1) is 24.5 Å². The molecule has 2 saturated heterocycles. The molecule has 4 amide bonds. The summed E-state index contributed by atoms with van der Waals surface area (Å²) < 4.78 is 47.3. The third-order valence-corrected chi connectivity index (χ3v) is 14.4. The van der Waals surface area contributed by atoms with Crippen molar-refractivity contribution in [1.29, 1.82) is 0 Å². The molecule has 5 aromatic rings. The van der Waals surface area contributed by atoms with E-state index < -0.39 is 76.5 Å². The maximum Gasteiger partial charge on any atom is 0.573 e. The van der Waals surface area contributed by atoms with Gasteiger partial charge in [0.25, 0.3) is 0 Å². The van der Waals surface area contributed by atoms with Crippen LogP contribution in [0.5, 0.6) is 11.5 Å². The Morgan fingerprint density at radius 2 is 1.69 bits per heavy atom. The van der Waals surface area contributed by atoms with E-state index in [1.54, 1.807) is 51.2 Å². The maximum atomic E-state index is 15.1. The third kappa shape index (κ3) is 5.62. The minimum Gasteiger partial charge on any atom is -0.508 e. The van der Waals surface area contributed by atoms with Crippen LogP contribution in [-0.4, -0.2) is 44.9 Å². The summed E-state index contributed by atoms with van der Waals surface area (Å²) >= 11 is 14.2. The number of hydrogen-bond acceptors (Lipinski definition) is 8. The van der Waals surface area contributed by atoms with E-state index >= 15 is 4.79 Å². The van der Waals surface area contributed by atoms with Crippen molar-refractivity contribution in [3.63, 3.8) is 0 Å². The van der Waals surface area contributed by atoms with Crippen molar-refractivity contribution in [2.45, 2.75) is 45.9 Å². The number of ether oxygens (including phenoxy) is 1. The first-order chi connectivity index (χ1) is 27.4. The van der Waals surface area contributed by atoms with Crippen molar-refractivity contribution in [3.05, 3.63) is 99.0 Å². The number of thiophene rings is 1. The first-order valence-electron chi connectivity index (χ1n) is 18.4. The van der Waals surface area contributed by atoms with Crippen LogP contribution < -0.4 is 14.5 Å².